The van der Waals surface area contributed by atoms with Gasteiger partial charge in [-0.2, -0.15) is 0 Å². The normalized spacial score (nSPS) is 12.8. The Bertz CT molecular complexity index is 317. The number of amides is 1. The number of aliphatic hydroxyl groups is 1. The number of rotatable bonds is 6. The number of alkyl halides is 2. The molecular formula is C10H13F2NO2S. The van der Waals surface area contributed by atoms with Crippen LogP contribution in [-0.4, -0.2) is 30.1 Å². The lowest BCUT2D eigenvalue weighted by molar-refractivity contribution is -0.122. The zero-order valence-electron chi connectivity index (χ0n) is 8.53. The molecule has 1 aromatic rings. The molecule has 0 aliphatic heterocycles. The third-order valence-electron chi connectivity index (χ3n) is 1.98. The molecule has 16 heavy (non-hydrogen) atoms. The van der Waals surface area contributed by atoms with E-state index in [9.17, 15) is 13.6 Å². The Morgan fingerprint density at radius 3 is 2.88 bits per heavy atom. The molecule has 0 saturated carbocycles. The molecule has 1 unspecified atom stereocenters. The monoisotopic (exact) mass is 249 g/mol. The van der Waals surface area contributed by atoms with E-state index in [0.717, 1.165) is 4.88 Å². The van der Waals surface area contributed by atoms with Crippen LogP contribution in [0.2, 0.25) is 0 Å². The van der Waals surface area contributed by atoms with Crippen molar-refractivity contribution < 1.29 is 18.7 Å². The summed E-state index contributed by atoms with van der Waals surface area (Å²) in [6, 6.07) is 3.80. The summed E-state index contributed by atoms with van der Waals surface area (Å²) in [4.78, 5) is 12.3. The third-order valence-corrected chi connectivity index (χ3v) is 2.91. The number of aryl methyl sites for hydroxylation is 1. The maximum Gasteiger partial charge on any atom is 0.265 e. The van der Waals surface area contributed by atoms with Gasteiger partial charge < -0.3 is 10.4 Å². The van der Waals surface area contributed by atoms with Crippen LogP contribution >= 0.6 is 11.3 Å². The number of carbonyl (C=O) groups is 1. The predicted molar refractivity (Wildman–Crippen MR) is 57.7 cm³/mol. The standard InChI is InChI=1S/C10H13F2NO2S/c11-10(12)8(14)6-13-9(15)4-3-7-2-1-5-16-7/h1-2,5,8,10,14H,3-4,6H2,(H,13,15). The average molecular weight is 249 g/mol. The van der Waals surface area contributed by atoms with Crippen LogP contribution < -0.4 is 5.32 Å². The van der Waals surface area contributed by atoms with Gasteiger partial charge in [-0.15, -0.1) is 11.3 Å². The summed E-state index contributed by atoms with van der Waals surface area (Å²) in [5, 5.41) is 12.9. The number of carbonyl (C=O) groups excluding carboxylic acids is 1. The van der Waals surface area contributed by atoms with Crippen molar-refractivity contribution >= 4 is 17.2 Å². The summed E-state index contributed by atoms with van der Waals surface area (Å²) in [7, 11) is 0. The van der Waals surface area contributed by atoms with E-state index in [4.69, 9.17) is 5.11 Å². The average Bonchev–Trinajstić information content (AvgIpc) is 2.75. The van der Waals surface area contributed by atoms with Crippen LogP contribution in [0.3, 0.4) is 0 Å². The van der Waals surface area contributed by atoms with Crippen LogP contribution in [0.1, 0.15) is 11.3 Å². The zero-order chi connectivity index (χ0) is 12.0. The number of hydrogen-bond acceptors (Lipinski definition) is 3. The highest BCUT2D eigenvalue weighted by molar-refractivity contribution is 7.09. The van der Waals surface area contributed by atoms with E-state index in [-0.39, 0.29) is 12.3 Å². The second-order valence-corrected chi connectivity index (χ2v) is 4.32. The van der Waals surface area contributed by atoms with E-state index < -0.39 is 19.1 Å². The fourth-order valence-electron chi connectivity index (χ4n) is 1.09. The number of thiophene rings is 1. The SMILES string of the molecule is O=C(CCc1cccs1)NCC(O)C(F)F. The van der Waals surface area contributed by atoms with Gasteiger partial charge >= 0.3 is 0 Å². The van der Waals surface area contributed by atoms with Crippen LogP contribution in [0.25, 0.3) is 0 Å². The van der Waals surface area contributed by atoms with E-state index in [2.05, 4.69) is 5.32 Å². The van der Waals surface area contributed by atoms with Gasteiger partial charge in [0.05, 0.1) is 0 Å². The van der Waals surface area contributed by atoms with E-state index in [1.807, 2.05) is 17.5 Å². The lowest BCUT2D eigenvalue weighted by Crippen LogP contribution is -2.35. The van der Waals surface area contributed by atoms with E-state index >= 15 is 0 Å². The Hall–Kier alpha value is -1.01. The summed E-state index contributed by atoms with van der Waals surface area (Å²) in [5.41, 5.74) is 0. The van der Waals surface area contributed by atoms with Crippen LogP contribution in [0.15, 0.2) is 17.5 Å². The molecule has 0 aromatic carbocycles. The molecule has 0 aliphatic rings. The van der Waals surface area contributed by atoms with E-state index in [0.29, 0.717) is 6.42 Å². The maximum atomic E-state index is 11.9. The van der Waals surface area contributed by atoms with Crippen molar-refractivity contribution in [2.24, 2.45) is 0 Å². The lowest BCUT2D eigenvalue weighted by Gasteiger charge is -2.10. The van der Waals surface area contributed by atoms with Gasteiger partial charge in [0.15, 0.2) is 0 Å². The molecule has 1 rings (SSSR count). The van der Waals surface area contributed by atoms with Gasteiger partial charge in [0.1, 0.15) is 6.10 Å². The number of hydrogen-bond donors (Lipinski definition) is 2. The minimum atomic E-state index is -2.82. The minimum absolute atomic E-state index is 0.246. The molecular weight excluding hydrogens is 236 g/mol. The first-order valence-corrected chi connectivity index (χ1v) is 5.73. The molecule has 1 amide bonds. The number of aliphatic hydroxyl groups excluding tert-OH is 1. The van der Waals surface area contributed by atoms with Crippen LogP contribution in [-0.2, 0) is 11.2 Å². The van der Waals surface area contributed by atoms with Crippen molar-refractivity contribution in [3.8, 4) is 0 Å². The maximum absolute atomic E-state index is 11.9. The fourth-order valence-corrected chi connectivity index (χ4v) is 1.80. The molecule has 1 atom stereocenters. The van der Waals surface area contributed by atoms with Gasteiger partial charge in [-0.05, 0) is 17.9 Å². The van der Waals surface area contributed by atoms with E-state index in [1.54, 1.807) is 11.3 Å². The summed E-state index contributed by atoms with van der Waals surface area (Å²) in [5.74, 6) is -0.326. The van der Waals surface area contributed by atoms with Crippen molar-refractivity contribution in [3.05, 3.63) is 22.4 Å². The highest BCUT2D eigenvalue weighted by atomic mass is 32.1. The molecule has 1 aromatic heterocycles. The molecule has 1 heterocycles. The van der Waals surface area contributed by atoms with E-state index in [1.165, 1.54) is 0 Å². The molecule has 0 aliphatic carbocycles. The Labute approximate surface area is 96.1 Å². The molecule has 0 bridgehead atoms. The molecule has 0 saturated heterocycles. The fraction of sp³-hybridized carbons (Fsp3) is 0.500. The highest BCUT2D eigenvalue weighted by Crippen LogP contribution is 2.10. The summed E-state index contributed by atoms with van der Waals surface area (Å²) < 4.78 is 23.8. The molecule has 3 nitrogen and oxygen atoms in total. The lowest BCUT2D eigenvalue weighted by atomic mass is 10.2. The Morgan fingerprint density at radius 2 is 2.31 bits per heavy atom. The molecule has 6 heteroatoms. The topological polar surface area (TPSA) is 49.3 Å². The first kappa shape index (κ1) is 13.1. The molecule has 0 spiro atoms. The van der Waals surface area contributed by atoms with Gasteiger partial charge in [0.2, 0.25) is 5.91 Å². The number of halogens is 2. The quantitative estimate of drug-likeness (QED) is 0.801. The molecule has 0 radical (unpaired) electrons. The second kappa shape index (κ2) is 6.55. The van der Waals surface area contributed by atoms with Gasteiger partial charge in [0.25, 0.3) is 6.43 Å². The molecule has 2 N–H and O–H groups in total. The van der Waals surface area contributed by atoms with Crippen molar-refractivity contribution in [2.45, 2.75) is 25.4 Å². The minimum Gasteiger partial charge on any atom is -0.385 e. The van der Waals surface area contributed by atoms with Crippen LogP contribution in [0.5, 0.6) is 0 Å². The van der Waals surface area contributed by atoms with Crippen molar-refractivity contribution in [1.29, 1.82) is 0 Å². The molecule has 90 valence electrons. The van der Waals surface area contributed by atoms with Gasteiger partial charge in [-0.25, -0.2) is 8.78 Å². The van der Waals surface area contributed by atoms with Gasteiger partial charge in [-0.3, -0.25) is 4.79 Å². The Kier molecular flexibility index (Phi) is 5.34. The zero-order valence-corrected chi connectivity index (χ0v) is 9.34. The first-order chi connectivity index (χ1) is 7.59. The Balaban J connectivity index is 2.16. The predicted octanol–water partition coefficient (Wildman–Crippen LogP) is 1.42. The summed E-state index contributed by atoms with van der Waals surface area (Å²) in [6.45, 7) is -0.402. The van der Waals surface area contributed by atoms with Gasteiger partial charge in [-0.1, -0.05) is 6.07 Å². The van der Waals surface area contributed by atoms with Gasteiger partial charge in [0, 0.05) is 17.8 Å². The first-order valence-electron chi connectivity index (χ1n) is 4.85. The van der Waals surface area contributed by atoms with Crippen LogP contribution in [0.4, 0.5) is 8.78 Å². The largest absolute Gasteiger partial charge is 0.385 e. The Morgan fingerprint density at radius 1 is 1.56 bits per heavy atom. The smallest absolute Gasteiger partial charge is 0.265 e. The summed E-state index contributed by atoms with van der Waals surface area (Å²) >= 11 is 1.54. The number of nitrogens with one attached hydrogen (secondary N) is 1. The third kappa shape index (κ3) is 4.67. The van der Waals surface area contributed by atoms with Crippen molar-refractivity contribution in [3.63, 3.8) is 0 Å². The second-order valence-electron chi connectivity index (χ2n) is 3.29. The van der Waals surface area contributed by atoms with Crippen molar-refractivity contribution in [1.82, 2.24) is 5.32 Å². The summed E-state index contributed by atoms with van der Waals surface area (Å²) in [6.07, 6.45) is -3.77. The van der Waals surface area contributed by atoms with Crippen molar-refractivity contribution in [2.75, 3.05) is 6.54 Å². The van der Waals surface area contributed by atoms with Crippen LogP contribution in [0, 0.1) is 0 Å². The highest BCUT2D eigenvalue weighted by Gasteiger charge is 2.17. The molecule has 0 fully saturated rings.